The van der Waals surface area contributed by atoms with Gasteiger partial charge in [0.15, 0.2) is 5.16 Å². The van der Waals surface area contributed by atoms with Crippen LogP contribution in [0.1, 0.15) is 48.6 Å². The minimum absolute atomic E-state index is 0.0834. The number of benzene rings is 1. The number of rotatable bonds is 7. The summed E-state index contributed by atoms with van der Waals surface area (Å²) in [5, 5.41) is 9.65. The summed E-state index contributed by atoms with van der Waals surface area (Å²) in [6.45, 7) is 3.05. The molecule has 29 heavy (non-hydrogen) atoms. The molecule has 0 amide bonds. The van der Waals surface area contributed by atoms with Gasteiger partial charge in [-0.1, -0.05) is 23.9 Å². The van der Waals surface area contributed by atoms with Gasteiger partial charge in [0.1, 0.15) is 5.82 Å². The molecule has 0 radical (unpaired) electrons. The van der Waals surface area contributed by atoms with Crippen LogP contribution < -0.4 is 0 Å². The van der Waals surface area contributed by atoms with Gasteiger partial charge in [-0.05, 0) is 55.8 Å². The lowest BCUT2D eigenvalue weighted by Crippen LogP contribution is -2.28. The molecule has 2 saturated carbocycles. The van der Waals surface area contributed by atoms with Crippen molar-refractivity contribution in [1.82, 2.24) is 19.7 Å². The van der Waals surface area contributed by atoms with E-state index in [1.807, 2.05) is 0 Å². The summed E-state index contributed by atoms with van der Waals surface area (Å²) < 4.78 is 40.6. The summed E-state index contributed by atoms with van der Waals surface area (Å²) in [6, 6.07) is 5.84. The van der Waals surface area contributed by atoms with Crippen molar-refractivity contribution < 1.29 is 13.2 Å². The van der Waals surface area contributed by atoms with Gasteiger partial charge in [-0.2, -0.15) is 13.2 Å². The van der Waals surface area contributed by atoms with Gasteiger partial charge in [0.05, 0.1) is 5.56 Å². The third-order valence-electron chi connectivity index (χ3n) is 6.66. The molecule has 0 N–H and O–H groups in total. The molecule has 1 aromatic heterocycles. The molecule has 0 spiro atoms. The molecule has 3 fully saturated rings. The first-order valence-electron chi connectivity index (χ1n) is 10.3. The molecule has 2 heterocycles. The van der Waals surface area contributed by atoms with Gasteiger partial charge in [-0.15, -0.1) is 10.2 Å². The predicted molar refractivity (Wildman–Crippen MR) is 106 cm³/mol. The van der Waals surface area contributed by atoms with E-state index in [4.69, 9.17) is 0 Å². The maximum Gasteiger partial charge on any atom is 0.416 e. The number of aromatic nitrogens is 3. The normalized spacial score (nSPS) is 26.7. The highest BCUT2D eigenvalue weighted by atomic mass is 32.2. The van der Waals surface area contributed by atoms with E-state index in [2.05, 4.69) is 26.7 Å². The molecule has 156 valence electrons. The number of halogens is 3. The number of piperidine rings is 1. The Morgan fingerprint density at radius 3 is 2.62 bits per heavy atom. The summed E-state index contributed by atoms with van der Waals surface area (Å²) in [5.41, 5.74) is 0.592. The molecule has 0 bridgehead atoms. The third kappa shape index (κ3) is 3.69. The first-order valence-corrected chi connectivity index (χ1v) is 11.3. The van der Waals surface area contributed by atoms with Crippen molar-refractivity contribution >= 4 is 11.8 Å². The van der Waals surface area contributed by atoms with Crippen molar-refractivity contribution in [1.29, 1.82) is 0 Å². The summed E-state index contributed by atoms with van der Waals surface area (Å²) >= 11 is 1.76. The molecule has 2 aromatic rings. The zero-order valence-electron chi connectivity index (χ0n) is 16.5. The quantitative estimate of drug-likeness (QED) is 0.487. The van der Waals surface area contributed by atoms with E-state index in [1.165, 1.54) is 25.0 Å². The Kier molecular flexibility index (Phi) is 4.70. The Morgan fingerprint density at radius 2 is 1.93 bits per heavy atom. The fourth-order valence-corrected chi connectivity index (χ4v) is 5.64. The van der Waals surface area contributed by atoms with Crippen LogP contribution in [0.25, 0.3) is 0 Å². The van der Waals surface area contributed by atoms with Crippen LogP contribution in [0.5, 0.6) is 0 Å². The Bertz CT molecular complexity index is 890. The molecule has 3 aliphatic rings. The molecule has 1 saturated heterocycles. The molecule has 8 heteroatoms. The van der Waals surface area contributed by atoms with Crippen molar-refractivity contribution in [3.8, 4) is 0 Å². The van der Waals surface area contributed by atoms with Crippen LogP contribution in [0.15, 0.2) is 29.4 Å². The number of thioether (sulfide) groups is 1. The summed E-state index contributed by atoms with van der Waals surface area (Å²) in [5.74, 6) is 3.32. The van der Waals surface area contributed by atoms with E-state index < -0.39 is 11.7 Å². The van der Waals surface area contributed by atoms with Gasteiger partial charge in [-0.25, -0.2) is 0 Å². The molecule has 1 aromatic carbocycles. The van der Waals surface area contributed by atoms with Gasteiger partial charge in [0.25, 0.3) is 0 Å². The first-order chi connectivity index (χ1) is 13.9. The number of likely N-dealkylation sites (tertiary alicyclic amines) is 1. The van der Waals surface area contributed by atoms with Crippen molar-refractivity contribution in [2.45, 2.75) is 48.3 Å². The molecule has 1 unspecified atom stereocenters. The van der Waals surface area contributed by atoms with Crippen molar-refractivity contribution in [2.75, 3.05) is 25.4 Å². The monoisotopic (exact) mass is 422 g/mol. The number of nitrogens with zero attached hydrogens (tertiary/aromatic N) is 4. The molecule has 1 aliphatic heterocycles. The lowest BCUT2D eigenvalue weighted by atomic mass is 9.94. The molecule has 2 aliphatic carbocycles. The highest BCUT2D eigenvalue weighted by molar-refractivity contribution is 7.99. The fraction of sp³-hybridized carbons (Fsp3) is 0.619. The standard InChI is InChI=1S/C21H25F3N4S/c1-27-18(14-3-4-14)25-26-19(27)29-10-2-9-28-12-17-11-20(17,13-28)15-5-7-16(8-6-15)21(22,23)24/h5-8,14,17H,2-4,9-13H2,1H3/t17-,20?/m0/s1. The number of fused-ring (bicyclic) bond motifs is 1. The van der Waals surface area contributed by atoms with Gasteiger partial charge >= 0.3 is 6.18 Å². The highest BCUT2D eigenvalue weighted by Crippen LogP contribution is 2.59. The van der Waals surface area contributed by atoms with Gasteiger partial charge in [0, 0.05) is 37.2 Å². The van der Waals surface area contributed by atoms with Crippen LogP contribution in [-0.4, -0.2) is 45.1 Å². The van der Waals surface area contributed by atoms with Crippen molar-refractivity contribution in [3.63, 3.8) is 0 Å². The zero-order chi connectivity index (χ0) is 20.2. The largest absolute Gasteiger partial charge is 0.416 e. The Hall–Kier alpha value is -1.54. The maximum absolute atomic E-state index is 12.8. The van der Waals surface area contributed by atoms with E-state index in [-0.39, 0.29) is 5.41 Å². The first kappa shape index (κ1) is 19.4. The van der Waals surface area contributed by atoms with Crippen LogP contribution in [-0.2, 0) is 18.6 Å². The molecule has 4 nitrogen and oxygen atoms in total. The maximum atomic E-state index is 12.8. The van der Waals surface area contributed by atoms with Gasteiger partial charge < -0.3 is 9.47 Å². The van der Waals surface area contributed by atoms with Crippen LogP contribution >= 0.6 is 11.8 Å². The fourth-order valence-electron chi connectivity index (χ4n) is 4.80. The number of hydrogen-bond acceptors (Lipinski definition) is 4. The van der Waals surface area contributed by atoms with Crippen LogP contribution in [0.3, 0.4) is 0 Å². The predicted octanol–water partition coefficient (Wildman–Crippen LogP) is 4.47. The van der Waals surface area contributed by atoms with Crippen LogP contribution in [0.4, 0.5) is 13.2 Å². The van der Waals surface area contributed by atoms with E-state index in [1.54, 1.807) is 23.9 Å². The minimum Gasteiger partial charge on any atom is -0.309 e. The third-order valence-corrected chi connectivity index (χ3v) is 7.77. The number of alkyl halides is 3. The Labute approximate surface area is 172 Å². The second-order valence-electron chi connectivity index (χ2n) is 8.74. The molecular weight excluding hydrogens is 397 g/mol. The van der Waals surface area contributed by atoms with Gasteiger partial charge in [-0.3, -0.25) is 0 Å². The molecule has 2 atom stereocenters. The lowest BCUT2D eigenvalue weighted by molar-refractivity contribution is -0.137. The second kappa shape index (κ2) is 7.01. The SMILES string of the molecule is Cn1c(SCCCN2C[C@@H]3CC3(c3ccc(C(F)(F)F)cc3)C2)nnc1C1CC1. The van der Waals surface area contributed by atoms with E-state index in [0.717, 1.165) is 54.8 Å². The average molecular weight is 423 g/mol. The van der Waals surface area contributed by atoms with E-state index in [9.17, 15) is 13.2 Å². The minimum atomic E-state index is -4.26. The van der Waals surface area contributed by atoms with E-state index in [0.29, 0.717) is 11.8 Å². The summed E-state index contributed by atoms with van der Waals surface area (Å²) in [7, 11) is 2.05. The molecule has 5 rings (SSSR count). The Morgan fingerprint density at radius 1 is 1.17 bits per heavy atom. The second-order valence-corrected chi connectivity index (χ2v) is 9.81. The Balaban J connectivity index is 1.11. The topological polar surface area (TPSA) is 34.0 Å². The average Bonchev–Trinajstić information content (AvgIpc) is 3.59. The zero-order valence-corrected chi connectivity index (χ0v) is 17.3. The number of hydrogen-bond donors (Lipinski definition) is 0. The summed E-state index contributed by atoms with van der Waals surface area (Å²) in [6.07, 6.45) is 0.375. The summed E-state index contributed by atoms with van der Waals surface area (Å²) in [4.78, 5) is 2.47. The van der Waals surface area contributed by atoms with Gasteiger partial charge in [0.2, 0.25) is 0 Å². The van der Waals surface area contributed by atoms with Crippen LogP contribution in [0, 0.1) is 5.92 Å². The highest BCUT2D eigenvalue weighted by Gasteiger charge is 2.60. The van der Waals surface area contributed by atoms with E-state index >= 15 is 0 Å². The lowest BCUT2D eigenvalue weighted by Gasteiger charge is -2.21. The van der Waals surface area contributed by atoms with Crippen molar-refractivity contribution in [3.05, 3.63) is 41.2 Å². The smallest absolute Gasteiger partial charge is 0.309 e. The molecular formula is C21H25F3N4S. The van der Waals surface area contributed by atoms with Crippen molar-refractivity contribution in [2.24, 2.45) is 13.0 Å². The van der Waals surface area contributed by atoms with Crippen LogP contribution in [0.2, 0.25) is 0 Å².